The van der Waals surface area contributed by atoms with Crippen molar-refractivity contribution < 1.29 is 14.6 Å². The molecule has 0 bridgehead atoms. The SMILES string of the molecule is Nc1ncc(C(=O)NCC2(O)CCC(c3ccccc3)CC2)cc1OCc1c(Cl)cccc1Cl. The Labute approximate surface area is 209 Å². The number of ether oxygens (including phenoxy) is 1. The molecule has 0 saturated heterocycles. The molecule has 0 radical (unpaired) electrons. The van der Waals surface area contributed by atoms with Crippen molar-refractivity contribution in [3.05, 3.63) is 87.5 Å². The van der Waals surface area contributed by atoms with E-state index in [0.29, 0.717) is 34.4 Å². The Morgan fingerprint density at radius 3 is 2.47 bits per heavy atom. The molecule has 0 atom stereocenters. The highest BCUT2D eigenvalue weighted by atomic mass is 35.5. The summed E-state index contributed by atoms with van der Waals surface area (Å²) in [5, 5.41) is 14.8. The van der Waals surface area contributed by atoms with Crippen LogP contribution in [0.1, 0.15) is 53.1 Å². The molecule has 8 heteroatoms. The molecule has 0 aliphatic heterocycles. The molecule has 2 aromatic carbocycles. The molecule has 1 amide bonds. The van der Waals surface area contributed by atoms with E-state index in [4.69, 9.17) is 33.7 Å². The number of hydrogen-bond acceptors (Lipinski definition) is 5. The maximum atomic E-state index is 12.8. The zero-order valence-electron chi connectivity index (χ0n) is 18.6. The summed E-state index contributed by atoms with van der Waals surface area (Å²) in [6, 6.07) is 17.1. The van der Waals surface area contributed by atoms with Gasteiger partial charge in [-0.15, -0.1) is 0 Å². The van der Waals surface area contributed by atoms with E-state index in [2.05, 4.69) is 22.4 Å². The molecule has 1 aromatic heterocycles. The van der Waals surface area contributed by atoms with Gasteiger partial charge in [0.1, 0.15) is 6.61 Å². The third-order valence-corrected chi connectivity index (χ3v) is 7.05. The van der Waals surface area contributed by atoms with Crippen LogP contribution in [0.25, 0.3) is 0 Å². The number of hydrogen-bond donors (Lipinski definition) is 3. The largest absolute Gasteiger partial charge is 0.485 e. The highest BCUT2D eigenvalue weighted by Gasteiger charge is 2.34. The summed E-state index contributed by atoms with van der Waals surface area (Å²) < 4.78 is 5.76. The molecule has 1 aliphatic rings. The summed E-state index contributed by atoms with van der Waals surface area (Å²) in [5.74, 6) is 0.486. The van der Waals surface area contributed by atoms with E-state index in [-0.39, 0.29) is 36.2 Å². The molecule has 6 nitrogen and oxygen atoms in total. The van der Waals surface area contributed by atoms with Crippen molar-refractivity contribution in [3.8, 4) is 5.75 Å². The highest BCUT2D eigenvalue weighted by Crippen LogP contribution is 2.37. The fourth-order valence-electron chi connectivity index (χ4n) is 4.25. The molecule has 34 heavy (non-hydrogen) atoms. The number of nitrogens with zero attached hydrogens (tertiary/aromatic N) is 1. The lowest BCUT2D eigenvalue weighted by Gasteiger charge is -2.36. The first kappa shape index (κ1) is 24.3. The molecule has 4 N–H and O–H groups in total. The van der Waals surface area contributed by atoms with Crippen LogP contribution in [0.5, 0.6) is 5.75 Å². The average Bonchev–Trinajstić information content (AvgIpc) is 2.84. The van der Waals surface area contributed by atoms with Crippen LogP contribution in [0.4, 0.5) is 5.82 Å². The van der Waals surface area contributed by atoms with Crippen molar-refractivity contribution in [3.63, 3.8) is 0 Å². The van der Waals surface area contributed by atoms with Crippen LogP contribution in [-0.4, -0.2) is 28.1 Å². The van der Waals surface area contributed by atoms with Crippen molar-refractivity contribution in [2.75, 3.05) is 12.3 Å². The van der Waals surface area contributed by atoms with Gasteiger partial charge in [-0.05, 0) is 55.4 Å². The smallest absolute Gasteiger partial charge is 0.253 e. The Bertz CT molecular complexity index is 1130. The first-order chi connectivity index (χ1) is 16.3. The van der Waals surface area contributed by atoms with Crippen molar-refractivity contribution in [1.82, 2.24) is 10.3 Å². The van der Waals surface area contributed by atoms with E-state index in [9.17, 15) is 9.90 Å². The van der Waals surface area contributed by atoms with Gasteiger partial charge in [0, 0.05) is 28.4 Å². The Balaban J connectivity index is 1.34. The van der Waals surface area contributed by atoms with Gasteiger partial charge in [0.15, 0.2) is 11.6 Å². The van der Waals surface area contributed by atoms with Gasteiger partial charge in [0.25, 0.3) is 5.91 Å². The number of amides is 1. The van der Waals surface area contributed by atoms with Crippen LogP contribution in [-0.2, 0) is 6.61 Å². The Morgan fingerprint density at radius 2 is 1.79 bits per heavy atom. The van der Waals surface area contributed by atoms with Gasteiger partial charge in [-0.25, -0.2) is 4.98 Å². The normalized spacial score (nSPS) is 20.0. The summed E-state index contributed by atoms with van der Waals surface area (Å²) in [6.07, 6.45) is 4.39. The van der Waals surface area contributed by atoms with Gasteiger partial charge in [0.05, 0.1) is 11.2 Å². The van der Waals surface area contributed by atoms with Crippen LogP contribution < -0.4 is 15.8 Å². The third kappa shape index (κ3) is 5.81. The first-order valence-electron chi connectivity index (χ1n) is 11.2. The molecule has 4 rings (SSSR count). The van der Waals surface area contributed by atoms with Crippen molar-refractivity contribution >= 4 is 34.9 Å². The summed E-state index contributed by atoms with van der Waals surface area (Å²) in [4.78, 5) is 16.8. The van der Waals surface area contributed by atoms with E-state index >= 15 is 0 Å². The maximum Gasteiger partial charge on any atom is 0.253 e. The van der Waals surface area contributed by atoms with E-state index in [1.807, 2.05) is 18.2 Å². The van der Waals surface area contributed by atoms with E-state index in [1.54, 1.807) is 18.2 Å². The minimum Gasteiger partial charge on any atom is -0.485 e. The molecular formula is C26H27Cl2N3O3. The van der Waals surface area contributed by atoms with Crippen molar-refractivity contribution in [2.45, 2.75) is 43.8 Å². The molecule has 3 aromatic rings. The van der Waals surface area contributed by atoms with Crippen LogP contribution in [0.3, 0.4) is 0 Å². The molecule has 178 valence electrons. The Kier molecular flexibility index (Phi) is 7.61. The first-order valence-corrected chi connectivity index (χ1v) is 12.0. The highest BCUT2D eigenvalue weighted by molar-refractivity contribution is 6.35. The average molecular weight is 500 g/mol. The predicted octanol–water partition coefficient (Wildman–Crippen LogP) is 5.37. The molecule has 0 spiro atoms. The number of halogens is 2. The van der Waals surface area contributed by atoms with Gasteiger partial charge in [-0.1, -0.05) is 59.6 Å². The fourth-order valence-corrected chi connectivity index (χ4v) is 4.76. The monoisotopic (exact) mass is 499 g/mol. The lowest BCUT2D eigenvalue weighted by molar-refractivity contribution is 0.000547. The topological polar surface area (TPSA) is 97.5 Å². The molecule has 1 fully saturated rings. The number of benzene rings is 2. The van der Waals surface area contributed by atoms with Crippen LogP contribution in [0.15, 0.2) is 60.8 Å². The molecule has 1 aliphatic carbocycles. The van der Waals surface area contributed by atoms with Crippen LogP contribution in [0.2, 0.25) is 10.0 Å². The van der Waals surface area contributed by atoms with Gasteiger partial charge < -0.3 is 20.9 Å². The number of nitrogen functional groups attached to an aromatic ring is 1. The Morgan fingerprint density at radius 1 is 1.12 bits per heavy atom. The number of carbonyl (C=O) groups is 1. The van der Waals surface area contributed by atoms with Crippen LogP contribution >= 0.6 is 23.2 Å². The maximum absolute atomic E-state index is 12.8. The van der Waals surface area contributed by atoms with Crippen molar-refractivity contribution in [2.24, 2.45) is 0 Å². The van der Waals surface area contributed by atoms with Gasteiger partial charge in [0.2, 0.25) is 0 Å². The van der Waals surface area contributed by atoms with E-state index in [0.717, 1.165) is 12.8 Å². The molecule has 0 unspecified atom stereocenters. The summed E-state index contributed by atoms with van der Waals surface area (Å²) >= 11 is 12.4. The number of carbonyl (C=O) groups excluding carboxylic acids is 1. The molecule has 1 saturated carbocycles. The zero-order valence-corrected chi connectivity index (χ0v) is 20.1. The summed E-state index contributed by atoms with van der Waals surface area (Å²) in [7, 11) is 0. The molecule has 1 heterocycles. The van der Waals surface area contributed by atoms with Gasteiger partial charge in [-0.3, -0.25) is 4.79 Å². The minimum atomic E-state index is -0.928. The number of nitrogens with two attached hydrogens (primary N) is 1. The Hall–Kier alpha value is -2.80. The summed E-state index contributed by atoms with van der Waals surface area (Å²) in [5.41, 5.74) is 7.21. The third-order valence-electron chi connectivity index (χ3n) is 6.34. The standard InChI is InChI=1S/C26H27Cl2N3O3/c27-21-7-4-8-22(28)20(21)15-34-23-13-19(14-30-24(23)29)25(32)31-16-26(33)11-9-18(10-12-26)17-5-2-1-3-6-17/h1-8,13-14,18,33H,9-12,15-16H2,(H2,29,30)(H,31,32). The van der Waals surface area contributed by atoms with Gasteiger partial charge in [-0.2, -0.15) is 0 Å². The number of aliphatic hydroxyl groups is 1. The number of anilines is 1. The second-order valence-corrected chi connectivity index (χ2v) is 9.50. The van der Waals surface area contributed by atoms with E-state index in [1.165, 1.54) is 17.8 Å². The lowest BCUT2D eigenvalue weighted by atomic mass is 9.76. The second kappa shape index (κ2) is 10.6. The van der Waals surface area contributed by atoms with Crippen LogP contribution in [0, 0.1) is 0 Å². The second-order valence-electron chi connectivity index (χ2n) is 8.69. The number of rotatable bonds is 7. The fraction of sp³-hybridized carbons (Fsp3) is 0.308. The predicted molar refractivity (Wildman–Crippen MR) is 134 cm³/mol. The number of pyridine rings is 1. The number of aromatic nitrogens is 1. The summed E-state index contributed by atoms with van der Waals surface area (Å²) in [6.45, 7) is 0.251. The van der Waals surface area contributed by atoms with E-state index < -0.39 is 5.60 Å². The van der Waals surface area contributed by atoms with Crippen molar-refractivity contribution in [1.29, 1.82) is 0 Å². The van der Waals surface area contributed by atoms with Gasteiger partial charge >= 0.3 is 0 Å². The lowest BCUT2D eigenvalue weighted by Crippen LogP contribution is -2.45. The minimum absolute atomic E-state index is 0.0811. The quantitative estimate of drug-likeness (QED) is 0.405. The molecular weight excluding hydrogens is 473 g/mol. The zero-order chi connectivity index (χ0) is 24.1. The number of nitrogens with one attached hydrogen (secondary N) is 1.